The van der Waals surface area contributed by atoms with Crippen LogP contribution in [0.15, 0.2) is 48.5 Å². The van der Waals surface area contributed by atoms with E-state index >= 15 is 0 Å². The van der Waals surface area contributed by atoms with Gasteiger partial charge in [0.25, 0.3) is 0 Å². The molecule has 0 aliphatic heterocycles. The highest BCUT2D eigenvalue weighted by Crippen LogP contribution is 2.19. The van der Waals surface area contributed by atoms with E-state index in [0.717, 1.165) is 11.6 Å². The fourth-order valence-electron chi connectivity index (χ4n) is 2.02. The summed E-state index contributed by atoms with van der Waals surface area (Å²) in [7, 11) is 1.36. The molecular weight excluding hydrogens is 327 g/mol. The van der Waals surface area contributed by atoms with E-state index in [1.807, 2.05) is 0 Å². The van der Waals surface area contributed by atoms with E-state index in [9.17, 15) is 14.0 Å². The molecule has 0 radical (unpaired) electrons. The molecule has 0 aromatic heterocycles. The summed E-state index contributed by atoms with van der Waals surface area (Å²) in [6.45, 7) is 0.0893. The average molecular weight is 344 g/mol. The predicted molar refractivity (Wildman–Crippen MR) is 90.5 cm³/mol. The molecule has 0 aliphatic rings. The lowest BCUT2D eigenvalue weighted by Gasteiger charge is -2.04. The molecule has 1 N–H and O–H groups in total. The van der Waals surface area contributed by atoms with Crippen molar-refractivity contribution in [3.8, 4) is 11.5 Å². The Morgan fingerprint density at radius 3 is 2.48 bits per heavy atom. The summed E-state index contributed by atoms with van der Waals surface area (Å²) in [5.41, 5.74) is 0.982. The van der Waals surface area contributed by atoms with E-state index in [1.54, 1.807) is 30.3 Å². The van der Waals surface area contributed by atoms with Crippen molar-refractivity contribution in [2.24, 2.45) is 0 Å². The fourth-order valence-corrected chi connectivity index (χ4v) is 2.02. The summed E-state index contributed by atoms with van der Waals surface area (Å²) >= 11 is 0. The highest BCUT2D eigenvalue weighted by Gasteiger charge is 2.07. The van der Waals surface area contributed by atoms with Crippen molar-refractivity contribution in [1.82, 2.24) is 0 Å². The van der Waals surface area contributed by atoms with Crippen LogP contribution in [0.3, 0.4) is 0 Å². The van der Waals surface area contributed by atoms with Crippen LogP contribution in [-0.2, 0) is 4.79 Å². The fraction of sp³-hybridized carbons (Fsp3) is 0.158. The SMILES string of the molecule is COc1ccc(C(=O)/C=C/c2ccc(OCCC(=O)O)cc2)cc1F. The van der Waals surface area contributed by atoms with Crippen LogP contribution >= 0.6 is 0 Å². The van der Waals surface area contributed by atoms with Gasteiger partial charge < -0.3 is 14.6 Å². The number of ether oxygens (including phenoxy) is 2. The Morgan fingerprint density at radius 2 is 1.88 bits per heavy atom. The number of carbonyl (C=O) groups excluding carboxylic acids is 1. The number of allylic oxidation sites excluding steroid dienone is 1. The number of methoxy groups -OCH3 is 1. The zero-order valence-electron chi connectivity index (χ0n) is 13.6. The van der Waals surface area contributed by atoms with E-state index in [2.05, 4.69) is 0 Å². The van der Waals surface area contributed by atoms with Crippen molar-refractivity contribution in [2.75, 3.05) is 13.7 Å². The lowest BCUT2D eigenvalue weighted by molar-refractivity contribution is -0.137. The first-order chi connectivity index (χ1) is 12.0. The van der Waals surface area contributed by atoms with Crippen molar-refractivity contribution in [1.29, 1.82) is 0 Å². The van der Waals surface area contributed by atoms with E-state index < -0.39 is 11.8 Å². The molecule has 0 fully saturated rings. The molecule has 0 amide bonds. The molecule has 0 bridgehead atoms. The number of carboxylic acid groups (broad SMARTS) is 1. The molecule has 0 spiro atoms. The highest BCUT2D eigenvalue weighted by atomic mass is 19.1. The normalized spacial score (nSPS) is 10.6. The maximum Gasteiger partial charge on any atom is 0.306 e. The molecule has 130 valence electrons. The smallest absolute Gasteiger partial charge is 0.306 e. The number of ketones is 1. The molecule has 0 saturated carbocycles. The molecule has 0 saturated heterocycles. The van der Waals surface area contributed by atoms with Crippen LogP contribution in [-0.4, -0.2) is 30.6 Å². The first kappa shape index (κ1) is 18.2. The second-order valence-corrected chi connectivity index (χ2v) is 5.11. The lowest BCUT2D eigenvalue weighted by atomic mass is 10.1. The zero-order chi connectivity index (χ0) is 18.2. The average Bonchev–Trinajstić information content (AvgIpc) is 2.60. The Kier molecular flexibility index (Phi) is 6.28. The van der Waals surface area contributed by atoms with Crippen LogP contribution < -0.4 is 9.47 Å². The Labute approximate surface area is 144 Å². The Bertz CT molecular complexity index is 781. The molecule has 5 nitrogen and oxygen atoms in total. The molecule has 25 heavy (non-hydrogen) atoms. The Morgan fingerprint density at radius 1 is 1.16 bits per heavy atom. The summed E-state index contributed by atoms with van der Waals surface area (Å²) in [6.07, 6.45) is 2.88. The second-order valence-electron chi connectivity index (χ2n) is 5.11. The van der Waals surface area contributed by atoms with Crippen LogP contribution in [0.1, 0.15) is 22.3 Å². The van der Waals surface area contributed by atoms with Gasteiger partial charge in [0.05, 0.1) is 20.1 Å². The number of carboxylic acids is 1. The number of carbonyl (C=O) groups is 2. The van der Waals surface area contributed by atoms with Gasteiger partial charge in [-0.2, -0.15) is 0 Å². The van der Waals surface area contributed by atoms with Gasteiger partial charge in [-0.05, 0) is 42.0 Å². The van der Waals surface area contributed by atoms with Crippen molar-refractivity contribution in [3.05, 3.63) is 65.5 Å². The molecule has 0 aliphatic carbocycles. The van der Waals surface area contributed by atoms with E-state index in [0.29, 0.717) is 5.75 Å². The Balaban J connectivity index is 1.97. The van der Waals surface area contributed by atoms with Crippen LogP contribution in [0.4, 0.5) is 4.39 Å². The number of aliphatic carboxylic acids is 1. The maximum absolute atomic E-state index is 13.6. The monoisotopic (exact) mass is 344 g/mol. The van der Waals surface area contributed by atoms with E-state index in [1.165, 1.54) is 25.3 Å². The van der Waals surface area contributed by atoms with Crippen LogP contribution in [0.25, 0.3) is 6.08 Å². The number of rotatable bonds is 8. The van der Waals surface area contributed by atoms with Gasteiger partial charge in [0.1, 0.15) is 5.75 Å². The minimum atomic E-state index is -0.923. The summed E-state index contributed by atoms with van der Waals surface area (Å²) < 4.78 is 23.7. The molecule has 2 rings (SSSR count). The number of benzene rings is 2. The van der Waals surface area contributed by atoms with Gasteiger partial charge in [0.2, 0.25) is 0 Å². The minimum absolute atomic E-state index is 0.0748. The molecule has 2 aromatic rings. The third-order valence-electron chi connectivity index (χ3n) is 3.33. The third kappa shape index (κ3) is 5.46. The summed E-state index contributed by atoms with van der Waals surface area (Å²) in [5, 5.41) is 8.55. The Hall–Kier alpha value is -3.15. The van der Waals surface area contributed by atoms with Gasteiger partial charge in [0.15, 0.2) is 17.3 Å². The molecule has 0 heterocycles. The number of hydrogen-bond acceptors (Lipinski definition) is 4. The van der Waals surface area contributed by atoms with Gasteiger partial charge >= 0.3 is 5.97 Å². The second kappa shape index (κ2) is 8.63. The molecule has 0 unspecified atom stereocenters. The van der Waals surface area contributed by atoms with Crippen molar-refractivity contribution < 1.29 is 28.6 Å². The quantitative estimate of drug-likeness (QED) is 0.585. The molecule has 0 atom stereocenters. The van der Waals surface area contributed by atoms with Gasteiger partial charge in [-0.15, -0.1) is 0 Å². The van der Waals surface area contributed by atoms with Crippen LogP contribution in [0.2, 0.25) is 0 Å². The summed E-state index contributed by atoms with van der Waals surface area (Å²) in [6, 6.07) is 10.8. The predicted octanol–water partition coefficient (Wildman–Crippen LogP) is 3.58. The molecular formula is C19H17FO5. The van der Waals surface area contributed by atoms with Crippen molar-refractivity contribution in [2.45, 2.75) is 6.42 Å². The highest BCUT2D eigenvalue weighted by molar-refractivity contribution is 6.06. The largest absolute Gasteiger partial charge is 0.494 e. The van der Waals surface area contributed by atoms with Gasteiger partial charge in [-0.25, -0.2) is 4.39 Å². The van der Waals surface area contributed by atoms with E-state index in [-0.39, 0.29) is 30.1 Å². The summed E-state index contributed by atoms with van der Waals surface area (Å²) in [4.78, 5) is 22.5. The molecule has 6 heteroatoms. The molecule has 2 aromatic carbocycles. The van der Waals surface area contributed by atoms with Gasteiger partial charge in [-0.3, -0.25) is 9.59 Å². The first-order valence-corrected chi connectivity index (χ1v) is 7.50. The van der Waals surface area contributed by atoms with Crippen LogP contribution in [0, 0.1) is 5.82 Å². The van der Waals surface area contributed by atoms with Gasteiger partial charge in [-0.1, -0.05) is 18.2 Å². The minimum Gasteiger partial charge on any atom is -0.494 e. The maximum atomic E-state index is 13.6. The van der Waals surface area contributed by atoms with E-state index in [4.69, 9.17) is 14.6 Å². The number of hydrogen-bond donors (Lipinski definition) is 1. The van der Waals surface area contributed by atoms with Crippen molar-refractivity contribution in [3.63, 3.8) is 0 Å². The van der Waals surface area contributed by atoms with Gasteiger partial charge in [0, 0.05) is 5.56 Å². The topological polar surface area (TPSA) is 72.8 Å². The van der Waals surface area contributed by atoms with Crippen molar-refractivity contribution >= 4 is 17.8 Å². The standard InChI is InChI=1S/C19H17FO5/c1-24-18-9-5-14(12-16(18)20)17(21)8-4-13-2-6-15(7-3-13)25-11-10-19(22)23/h2-9,12H,10-11H2,1H3,(H,22,23)/b8-4+. The zero-order valence-corrected chi connectivity index (χ0v) is 13.6. The lowest BCUT2D eigenvalue weighted by Crippen LogP contribution is -2.04. The third-order valence-corrected chi connectivity index (χ3v) is 3.33. The van der Waals surface area contributed by atoms with Crippen LogP contribution in [0.5, 0.6) is 11.5 Å². The number of halogens is 1. The first-order valence-electron chi connectivity index (χ1n) is 7.50. The summed E-state index contributed by atoms with van der Waals surface area (Å²) in [5.74, 6) is -1.22.